The fraction of sp³-hybridized carbons (Fsp3) is 0.121. The lowest BCUT2D eigenvalue weighted by atomic mass is 10.1. The Morgan fingerprint density at radius 3 is 1.98 bits per heavy atom. The van der Waals surface area contributed by atoms with E-state index < -0.39 is 11.8 Å². The molecule has 0 spiro atoms. The van der Waals surface area contributed by atoms with Gasteiger partial charge in [-0.1, -0.05) is 18.2 Å². The molecule has 9 nitrogen and oxygen atoms in total. The topological polar surface area (TPSA) is 115 Å². The van der Waals surface area contributed by atoms with Crippen LogP contribution in [0.2, 0.25) is 0 Å². The lowest BCUT2D eigenvalue weighted by molar-refractivity contribution is -0.114. The summed E-state index contributed by atoms with van der Waals surface area (Å²) in [5.41, 5.74) is 1.77. The highest BCUT2D eigenvalue weighted by Crippen LogP contribution is 2.35. The summed E-state index contributed by atoms with van der Waals surface area (Å²) >= 11 is 1.30. The van der Waals surface area contributed by atoms with Crippen LogP contribution >= 0.6 is 11.8 Å². The molecule has 0 radical (unpaired) electrons. The van der Waals surface area contributed by atoms with Crippen molar-refractivity contribution in [1.82, 2.24) is 5.32 Å². The third kappa shape index (κ3) is 8.62. The number of thioether (sulfide) groups is 1. The number of hydrogen-bond donors (Lipinski definition) is 3. The number of anilines is 2. The molecule has 0 bridgehead atoms. The van der Waals surface area contributed by atoms with Gasteiger partial charge in [-0.3, -0.25) is 14.4 Å². The Labute approximate surface area is 258 Å². The average molecular weight is 616 g/mol. The molecule has 3 N–H and O–H groups in total. The summed E-state index contributed by atoms with van der Waals surface area (Å²) < 4.78 is 29.3. The summed E-state index contributed by atoms with van der Waals surface area (Å²) in [4.78, 5) is 39.6. The van der Waals surface area contributed by atoms with Crippen LogP contribution in [0.3, 0.4) is 0 Å². The monoisotopic (exact) mass is 615 g/mol. The number of benzene rings is 4. The minimum atomic E-state index is -0.579. The van der Waals surface area contributed by atoms with Crippen LogP contribution in [0.4, 0.5) is 15.8 Å². The number of carbonyl (C=O) groups excluding carboxylic acids is 3. The molecule has 226 valence electrons. The van der Waals surface area contributed by atoms with Gasteiger partial charge in [0.1, 0.15) is 17.3 Å². The van der Waals surface area contributed by atoms with Crippen molar-refractivity contribution in [3.05, 3.63) is 114 Å². The van der Waals surface area contributed by atoms with Gasteiger partial charge in [0.05, 0.1) is 27.1 Å². The Bertz CT molecular complexity index is 1650. The summed E-state index contributed by atoms with van der Waals surface area (Å²) in [6.45, 7) is 0. The molecule has 0 fully saturated rings. The molecule has 0 aliphatic rings. The highest BCUT2D eigenvalue weighted by molar-refractivity contribution is 8.00. The van der Waals surface area contributed by atoms with Crippen molar-refractivity contribution in [3.8, 4) is 17.2 Å². The Hall–Kier alpha value is -5.29. The molecule has 11 heteroatoms. The number of amides is 3. The number of halogens is 1. The second kappa shape index (κ2) is 15.3. The molecule has 0 heterocycles. The molecule has 0 saturated carbocycles. The first-order valence-corrected chi connectivity index (χ1v) is 14.3. The Morgan fingerprint density at radius 1 is 0.750 bits per heavy atom. The number of hydrogen-bond acceptors (Lipinski definition) is 7. The number of ether oxygens (including phenoxy) is 3. The fourth-order valence-electron chi connectivity index (χ4n) is 3.98. The first kappa shape index (κ1) is 31.6. The Balaban J connectivity index is 1.50. The predicted octanol–water partition coefficient (Wildman–Crippen LogP) is 5.99. The van der Waals surface area contributed by atoms with Crippen LogP contribution in [-0.2, 0) is 9.59 Å². The quantitative estimate of drug-likeness (QED) is 0.132. The van der Waals surface area contributed by atoms with Crippen molar-refractivity contribution in [2.45, 2.75) is 4.90 Å². The number of carbonyl (C=O) groups is 3. The van der Waals surface area contributed by atoms with Gasteiger partial charge < -0.3 is 30.2 Å². The van der Waals surface area contributed by atoms with E-state index in [0.717, 1.165) is 4.90 Å². The largest absolute Gasteiger partial charge is 0.496 e. The van der Waals surface area contributed by atoms with Crippen molar-refractivity contribution in [3.63, 3.8) is 0 Å². The van der Waals surface area contributed by atoms with Gasteiger partial charge in [0.2, 0.25) is 5.91 Å². The number of nitrogens with one attached hydrogen (secondary N) is 3. The number of methoxy groups -OCH3 is 3. The minimum absolute atomic E-state index is 0.0414. The molecule has 0 aliphatic heterocycles. The number of rotatable bonds is 12. The molecule has 4 aromatic rings. The van der Waals surface area contributed by atoms with Crippen molar-refractivity contribution >= 4 is 46.9 Å². The molecule has 0 saturated heterocycles. The van der Waals surface area contributed by atoms with E-state index in [9.17, 15) is 18.8 Å². The zero-order chi connectivity index (χ0) is 31.5. The molecular weight excluding hydrogens is 585 g/mol. The van der Waals surface area contributed by atoms with Gasteiger partial charge in [-0.25, -0.2) is 4.39 Å². The van der Waals surface area contributed by atoms with Crippen molar-refractivity contribution < 1.29 is 33.0 Å². The van der Waals surface area contributed by atoms with Crippen molar-refractivity contribution in [2.75, 3.05) is 37.7 Å². The predicted molar refractivity (Wildman–Crippen MR) is 169 cm³/mol. The molecule has 4 aromatic carbocycles. The van der Waals surface area contributed by atoms with Crippen LogP contribution in [0.1, 0.15) is 15.9 Å². The van der Waals surface area contributed by atoms with Crippen LogP contribution in [0.25, 0.3) is 6.08 Å². The SMILES string of the molecule is COc1cc(OC)c(OC)cc1/C=C(\NC(=O)c1ccccc1)C(=O)Nc1ccc(SCC(=O)Nc2ccc(F)cc2)cc1. The summed E-state index contributed by atoms with van der Waals surface area (Å²) in [5.74, 6) is -0.303. The van der Waals surface area contributed by atoms with Crippen LogP contribution in [0, 0.1) is 5.82 Å². The van der Waals surface area contributed by atoms with Crippen LogP contribution in [-0.4, -0.2) is 44.8 Å². The summed E-state index contributed by atoms with van der Waals surface area (Å²) in [7, 11) is 4.47. The molecule has 0 aliphatic carbocycles. The van der Waals surface area contributed by atoms with E-state index in [4.69, 9.17) is 14.2 Å². The Morgan fingerprint density at radius 2 is 1.34 bits per heavy atom. The van der Waals surface area contributed by atoms with Gasteiger partial charge in [-0.15, -0.1) is 11.8 Å². The summed E-state index contributed by atoms with van der Waals surface area (Å²) in [5, 5.41) is 8.21. The molecular formula is C33H30FN3O6S. The van der Waals surface area contributed by atoms with E-state index in [-0.39, 0.29) is 23.2 Å². The van der Waals surface area contributed by atoms with Crippen LogP contribution < -0.4 is 30.2 Å². The van der Waals surface area contributed by atoms with Gasteiger partial charge in [0.25, 0.3) is 11.8 Å². The van der Waals surface area contributed by atoms with Crippen molar-refractivity contribution in [1.29, 1.82) is 0 Å². The van der Waals surface area contributed by atoms with Gasteiger partial charge in [0, 0.05) is 33.5 Å². The normalized spacial score (nSPS) is 10.9. The lowest BCUT2D eigenvalue weighted by Gasteiger charge is -2.15. The summed E-state index contributed by atoms with van der Waals surface area (Å²) in [6.07, 6.45) is 1.49. The van der Waals surface area contributed by atoms with E-state index in [2.05, 4.69) is 16.0 Å². The van der Waals surface area contributed by atoms with E-state index in [1.54, 1.807) is 66.7 Å². The average Bonchev–Trinajstić information content (AvgIpc) is 3.05. The second-order valence-electron chi connectivity index (χ2n) is 9.15. The lowest BCUT2D eigenvalue weighted by Crippen LogP contribution is -2.30. The van der Waals surface area contributed by atoms with E-state index in [1.165, 1.54) is 63.4 Å². The smallest absolute Gasteiger partial charge is 0.272 e. The van der Waals surface area contributed by atoms with Crippen LogP contribution in [0.15, 0.2) is 102 Å². The standard InChI is InChI=1S/C33H30FN3O6S/c1-41-28-19-30(43-3)29(42-2)18-22(28)17-27(37-32(39)21-7-5-4-6-8-21)33(40)36-25-13-15-26(16-14-25)44-20-31(38)35-24-11-9-23(34)10-12-24/h4-19H,20H2,1-3H3,(H,35,38)(H,36,40)(H,37,39)/b27-17-. The maximum Gasteiger partial charge on any atom is 0.272 e. The first-order chi connectivity index (χ1) is 21.3. The van der Waals surface area contributed by atoms with Gasteiger partial charge >= 0.3 is 0 Å². The maximum atomic E-state index is 13.5. The minimum Gasteiger partial charge on any atom is -0.496 e. The first-order valence-electron chi connectivity index (χ1n) is 13.3. The third-order valence-electron chi connectivity index (χ3n) is 6.17. The highest BCUT2D eigenvalue weighted by Gasteiger charge is 2.18. The van der Waals surface area contributed by atoms with Crippen LogP contribution in [0.5, 0.6) is 17.2 Å². The molecule has 0 unspecified atom stereocenters. The zero-order valence-electron chi connectivity index (χ0n) is 24.2. The highest BCUT2D eigenvalue weighted by atomic mass is 32.2. The zero-order valence-corrected chi connectivity index (χ0v) is 25.0. The summed E-state index contributed by atoms with van der Waals surface area (Å²) in [6, 6.07) is 24.2. The van der Waals surface area contributed by atoms with Gasteiger partial charge in [0.15, 0.2) is 11.5 Å². The second-order valence-corrected chi connectivity index (χ2v) is 10.2. The van der Waals surface area contributed by atoms with E-state index in [1.807, 2.05) is 0 Å². The molecule has 44 heavy (non-hydrogen) atoms. The molecule has 4 rings (SSSR count). The van der Waals surface area contributed by atoms with E-state index >= 15 is 0 Å². The molecule has 0 aromatic heterocycles. The van der Waals surface area contributed by atoms with Gasteiger partial charge in [-0.2, -0.15) is 0 Å². The Kier molecular flexibility index (Phi) is 11.0. The van der Waals surface area contributed by atoms with Crippen molar-refractivity contribution in [2.24, 2.45) is 0 Å². The maximum absolute atomic E-state index is 13.5. The van der Waals surface area contributed by atoms with E-state index in [0.29, 0.717) is 39.8 Å². The molecule has 3 amide bonds. The molecule has 0 atom stereocenters. The van der Waals surface area contributed by atoms with Gasteiger partial charge in [-0.05, 0) is 72.8 Å². The fourth-order valence-corrected chi connectivity index (χ4v) is 4.67. The third-order valence-corrected chi connectivity index (χ3v) is 7.19.